The quantitative estimate of drug-likeness (QED) is 0.800. The van der Waals surface area contributed by atoms with Gasteiger partial charge in [0, 0.05) is 0 Å². The van der Waals surface area contributed by atoms with Gasteiger partial charge in [-0.3, -0.25) is 4.79 Å². The molecule has 1 aromatic carbocycles. The lowest BCUT2D eigenvalue weighted by molar-refractivity contribution is -0.136. The van der Waals surface area contributed by atoms with E-state index in [9.17, 15) is 9.18 Å². The normalized spacial score (nSPS) is 10.1. The molecule has 0 heterocycles. The Balaban J connectivity index is 3.12. The molecule has 0 aliphatic heterocycles. The van der Waals surface area contributed by atoms with Crippen LogP contribution in [0.25, 0.3) is 0 Å². The first-order valence-corrected chi connectivity index (χ1v) is 4.05. The molecule has 0 saturated carbocycles. The molecule has 0 aliphatic carbocycles. The number of carboxylic acid groups (broad SMARTS) is 1. The molecule has 0 atom stereocenters. The fraction of sp³-hybridized carbons (Fsp3) is 0.222. The van der Waals surface area contributed by atoms with Gasteiger partial charge in [-0.15, -0.1) is 0 Å². The molecule has 0 spiro atoms. The maximum atomic E-state index is 13.0. The zero-order valence-electron chi connectivity index (χ0n) is 6.97. The molecule has 4 heteroatoms. The van der Waals surface area contributed by atoms with Gasteiger partial charge < -0.3 is 5.11 Å². The highest BCUT2D eigenvalue weighted by atomic mass is 35.5. The molecule has 0 aliphatic rings. The Bertz CT molecular complexity index is 350. The molecule has 2 nitrogen and oxygen atoms in total. The number of halogens is 2. The van der Waals surface area contributed by atoms with Crippen LogP contribution in [-0.4, -0.2) is 11.1 Å². The molecule has 70 valence electrons. The number of carboxylic acids is 1. The Labute approximate surface area is 80.0 Å². The lowest BCUT2D eigenvalue weighted by Gasteiger charge is -2.03. The molecule has 0 fully saturated rings. The summed E-state index contributed by atoms with van der Waals surface area (Å²) in [4.78, 5) is 10.4. The lowest BCUT2D eigenvalue weighted by Crippen LogP contribution is -2.02. The van der Waals surface area contributed by atoms with E-state index >= 15 is 0 Å². The number of benzene rings is 1. The summed E-state index contributed by atoms with van der Waals surface area (Å²) >= 11 is 5.57. The molecule has 0 radical (unpaired) electrons. The summed E-state index contributed by atoms with van der Waals surface area (Å²) in [7, 11) is 0. The number of aliphatic carboxylic acids is 1. The molecule has 1 rings (SSSR count). The van der Waals surface area contributed by atoms with Gasteiger partial charge in [-0.2, -0.15) is 0 Å². The maximum absolute atomic E-state index is 13.0. The number of hydrogen-bond donors (Lipinski definition) is 1. The second-order valence-corrected chi connectivity index (χ2v) is 3.17. The van der Waals surface area contributed by atoms with Crippen LogP contribution in [-0.2, 0) is 11.2 Å². The predicted molar refractivity (Wildman–Crippen MR) is 47.5 cm³/mol. The van der Waals surface area contributed by atoms with Gasteiger partial charge in [0.25, 0.3) is 0 Å². The van der Waals surface area contributed by atoms with Gasteiger partial charge in [0.1, 0.15) is 5.82 Å². The van der Waals surface area contributed by atoms with Crippen LogP contribution in [0.1, 0.15) is 11.1 Å². The van der Waals surface area contributed by atoms with E-state index in [-0.39, 0.29) is 11.4 Å². The van der Waals surface area contributed by atoms with E-state index in [1.54, 1.807) is 13.0 Å². The Morgan fingerprint density at radius 1 is 1.62 bits per heavy atom. The fourth-order valence-corrected chi connectivity index (χ4v) is 1.26. The van der Waals surface area contributed by atoms with E-state index < -0.39 is 11.8 Å². The van der Waals surface area contributed by atoms with Crippen molar-refractivity contribution in [3.63, 3.8) is 0 Å². The van der Waals surface area contributed by atoms with Crippen LogP contribution in [0.5, 0.6) is 0 Å². The van der Waals surface area contributed by atoms with E-state index in [4.69, 9.17) is 16.7 Å². The van der Waals surface area contributed by atoms with Crippen LogP contribution in [0.3, 0.4) is 0 Å². The van der Waals surface area contributed by atoms with Gasteiger partial charge in [-0.1, -0.05) is 17.7 Å². The summed E-state index contributed by atoms with van der Waals surface area (Å²) in [5.41, 5.74) is 0.977. The van der Waals surface area contributed by atoms with Gasteiger partial charge in [0.05, 0.1) is 11.4 Å². The standard InChI is InChI=1S/C9H8ClFO2/c1-5-2-6(4-8(12)13)9(10)7(11)3-5/h2-3H,4H2,1H3,(H,12,13). The van der Waals surface area contributed by atoms with Crippen LogP contribution in [0.15, 0.2) is 12.1 Å². The highest BCUT2D eigenvalue weighted by molar-refractivity contribution is 6.31. The first-order valence-electron chi connectivity index (χ1n) is 3.67. The zero-order chi connectivity index (χ0) is 10.0. The second kappa shape index (κ2) is 3.75. The smallest absolute Gasteiger partial charge is 0.307 e. The molecule has 0 unspecified atom stereocenters. The Morgan fingerprint density at radius 2 is 2.23 bits per heavy atom. The maximum Gasteiger partial charge on any atom is 0.307 e. The number of rotatable bonds is 2. The van der Waals surface area contributed by atoms with Gasteiger partial charge in [0.15, 0.2) is 0 Å². The third-order valence-corrected chi connectivity index (χ3v) is 2.01. The van der Waals surface area contributed by atoms with Crippen LogP contribution in [0.4, 0.5) is 4.39 Å². The molecule has 0 aromatic heterocycles. The molecule has 13 heavy (non-hydrogen) atoms. The number of hydrogen-bond acceptors (Lipinski definition) is 1. The van der Waals surface area contributed by atoms with Crippen molar-refractivity contribution in [2.75, 3.05) is 0 Å². The van der Waals surface area contributed by atoms with Crippen molar-refractivity contribution in [1.29, 1.82) is 0 Å². The second-order valence-electron chi connectivity index (χ2n) is 2.79. The molecular formula is C9H8ClFO2. The molecule has 0 bridgehead atoms. The monoisotopic (exact) mass is 202 g/mol. The summed E-state index contributed by atoms with van der Waals surface area (Å²) in [6.07, 6.45) is -0.253. The number of carbonyl (C=O) groups is 1. The average Bonchev–Trinajstić information content (AvgIpc) is 1.98. The van der Waals surface area contributed by atoms with E-state index in [2.05, 4.69) is 0 Å². The van der Waals surface area contributed by atoms with E-state index in [0.717, 1.165) is 0 Å². The molecular weight excluding hydrogens is 195 g/mol. The topological polar surface area (TPSA) is 37.3 Å². The van der Waals surface area contributed by atoms with E-state index in [1.807, 2.05) is 0 Å². The SMILES string of the molecule is Cc1cc(F)c(Cl)c(CC(=O)O)c1. The summed E-state index contributed by atoms with van der Waals surface area (Å²) in [5, 5.41) is 8.39. The van der Waals surface area contributed by atoms with Crippen molar-refractivity contribution in [2.45, 2.75) is 13.3 Å². The van der Waals surface area contributed by atoms with Crippen molar-refractivity contribution in [1.82, 2.24) is 0 Å². The van der Waals surface area contributed by atoms with Gasteiger partial charge in [-0.05, 0) is 24.1 Å². The van der Waals surface area contributed by atoms with Crippen molar-refractivity contribution >= 4 is 17.6 Å². The first-order chi connectivity index (χ1) is 6.00. The Morgan fingerprint density at radius 3 is 2.77 bits per heavy atom. The highest BCUT2D eigenvalue weighted by Gasteiger charge is 2.10. The summed E-state index contributed by atoms with van der Waals surface area (Å²) in [5.74, 6) is -1.59. The minimum absolute atomic E-state index is 0.104. The van der Waals surface area contributed by atoms with E-state index in [0.29, 0.717) is 11.1 Å². The Hall–Kier alpha value is -1.09. The molecule has 1 N–H and O–H groups in total. The molecule has 1 aromatic rings. The van der Waals surface area contributed by atoms with Gasteiger partial charge in [-0.25, -0.2) is 4.39 Å². The lowest BCUT2D eigenvalue weighted by atomic mass is 10.1. The molecule has 0 amide bonds. The Kier molecular flexibility index (Phi) is 2.88. The van der Waals surface area contributed by atoms with Crippen LogP contribution >= 0.6 is 11.6 Å². The largest absolute Gasteiger partial charge is 0.481 e. The third-order valence-electron chi connectivity index (χ3n) is 1.59. The first kappa shape index (κ1) is 9.99. The van der Waals surface area contributed by atoms with Gasteiger partial charge in [0.2, 0.25) is 0 Å². The summed E-state index contributed by atoms with van der Waals surface area (Å²) in [6, 6.07) is 2.84. The fourth-order valence-electron chi connectivity index (χ4n) is 1.09. The number of aryl methyl sites for hydroxylation is 1. The van der Waals surface area contributed by atoms with Crippen LogP contribution in [0, 0.1) is 12.7 Å². The highest BCUT2D eigenvalue weighted by Crippen LogP contribution is 2.22. The minimum Gasteiger partial charge on any atom is -0.481 e. The van der Waals surface area contributed by atoms with Crippen molar-refractivity contribution < 1.29 is 14.3 Å². The summed E-state index contributed by atoms with van der Waals surface area (Å²) < 4.78 is 13.0. The summed E-state index contributed by atoms with van der Waals surface area (Å²) in [6.45, 7) is 1.69. The average molecular weight is 203 g/mol. The van der Waals surface area contributed by atoms with Crippen LogP contribution < -0.4 is 0 Å². The third kappa shape index (κ3) is 2.42. The molecule has 0 saturated heterocycles. The van der Waals surface area contributed by atoms with Gasteiger partial charge >= 0.3 is 5.97 Å². The minimum atomic E-state index is -1.02. The van der Waals surface area contributed by atoms with Crippen molar-refractivity contribution in [3.8, 4) is 0 Å². The zero-order valence-corrected chi connectivity index (χ0v) is 7.73. The van der Waals surface area contributed by atoms with Crippen LogP contribution in [0.2, 0.25) is 5.02 Å². The predicted octanol–water partition coefficient (Wildman–Crippen LogP) is 2.41. The van der Waals surface area contributed by atoms with Crippen molar-refractivity contribution in [2.24, 2.45) is 0 Å². The van der Waals surface area contributed by atoms with Crippen molar-refractivity contribution in [3.05, 3.63) is 34.1 Å². The van der Waals surface area contributed by atoms with E-state index in [1.165, 1.54) is 6.07 Å².